The summed E-state index contributed by atoms with van der Waals surface area (Å²) in [6.07, 6.45) is 4.63. The predicted molar refractivity (Wildman–Crippen MR) is 62.6 cm³/mol. The molecule has 1 fully saturated rings. The Balaban J connectivity index is 1.78. The van der Waals surface area contributed by atoms with Crippen LogP contribution in [-0.4, -0.2) is 28.0 Å². The van der Waals surface area contributed by atoms with E-state index < -0.39 is 0 Å². The molecule has 5 heteroatoms. The zero-order chi connectivity index (χ0) is 11.4. The summed E-state index contributed by atoms with van der Waals surface area (Å²) in [7, 11) is 0. The van der Waals surface area contributed by atoms with Crippen LogP contribution in [0.1, 0.15) is 32.0 Å². The number of aromatic nitrogens is 3. The first-order chi connectivity index (χ1) is 7.81. The standard InChI is InChI=1S/C11H18ClN3O/c1-2-3-10-13-14-11(12)15(10)6-7-16-8-9-4-5-9/h9H,2-8H2,1H3. The number of aryl methyl sites for hydroxylation is 1. The van der Waals surface area contributed by atoms with Crippen LogP contribution < -0.4 is 0 Å². The Kier molecular flexibility index (Phi) is 4.18. The van der Waals surface area contributed by atoms with Crippen molar-refractivity contribution in [2.75, 3.05) is 13.2 Å². The molecule has 0 amide bonds. The van der Waals surface area contributed by atoms with Crippen molar-refractivity contribution in [3.05, 3.63) is 11.1 Å². The van der Waals surface area contributed by atoms with Gasteiger partial charge in [0.1, 0.15) is 5.82 Å². The smallest absolute Gasteiger partial charge is 0.225 e. The van der Waals surface area contributed by atoms with E-state index in [2.05, 4.69) is 17.1 Å². The first kappa shape index (κ1) is 11.9. The fraction of sp³-hybridized carbons (Fsp3) is 0.818. The van der Waals surface area contributed by atoms with Crippen molar-refractivity contribution in [2.45, 2.75) is 39.2 Å². The van der Waals surface area contributed by atoms with Gasteiger partial charge >= 0.3 is 0 Å². The number of rotatable bonds is 7. The Labute approximate surface area is 101 Å². The monoisotopic (exact) mass is 243 g/mol. The van der Waals surface area contributed by atoms with E-state index >= 15 is 0 Å². The second kappa shape index (κ2) is 5.64. The Morgan fingerprint density at radius 3 is 2.94 bits per heavy atom. The summed E-state index contributed by atoms with van der Waals surface area (Å²) in [4.78, 5) is 0. The van der Waals surface area contributed by atoms with Gasteiger partial charge in [-0.25, -0.2) is 0 Å². The molecule has 1 heterocycles. The lowest BCUT2D eigenvalue weighted by Gasteiger charge is -2.07. The largest absolute Gasteiger partial charge is 0.379 e. The van der Waals surface area contributed by atoms with Crippen molar-refractivity contribution in [1.29, 1.82) is 0 Å². The zero-order valence-corrected chi connectivity index (χ0v) is 10.4. The van der Waals surface area contributed by atoms with Gasteiger partial charge in [0.05, 0.1) is 13.2 Å². The van der Waals surface area contributed by atoms with E-state index in [0.29, 0.717) is 11.9 Å². The molecule has 1 aromatic heterocycles. The Morgan fingerprint density at radius 1 is 1.44 bits per heavy atom. The molecule has 2 rings (SSSR count). The minimum atomic E-state index is 0.471. The highest BCUT2D eigenvalue weighted by Crippen LogP contribution is 2.28. The van der Waals surface area contributed by atoms with E-state index in [1.165, 1.54) is 12.8 Å². The van der Waals surface area contributed by atoms with Gasteiger partial charge in [0.25, 0.3) is 0 Å². The second-order valence-electron chi connectivity index (χ2n) is 4.31. The molecule has 1 aliphatic carbocycles. The first-order valence-corrected chi connectivity index (χ1v) is 6.34. The topological polar surface area (TPSA) is 39.9 Å². The fourth-order valence-electron chi connectivity index (χ4n) is 1.63. The quantitative estimate of drug-likeness (QED) is 0.690. The van der Waals surface area contributed by atoms with Crippen LogP contribution in [0, 0.1) is 5.92 Å². The average Bonchev–Trinajstić information content (AvgIpc) is 3.03. The van der Waals surface area contributed by atoms with Gasteiger partial charge in [-0.15, -0.1) is 10.2 Å². The van der Waals surface area contributed by atoms with E-state index in [-0.39, 0.29) is 0 Å². The normalized spacial score (nSPS) is 15.6. The van der Waals surface area contributed by atoms with Gasteiger partial charge in [0.2, 0.25) is 5.28 Å². The van der Waals surface area contributed by atoms with E-state index in [9.17, 15) is 0 Å². The van der Waals surface area contributed by atoms with Gasteiger partial charge in [0, 0.05) is 13.0 Å². The molecular formula is C11H18ClN3O. The molecule has 0 N–H and O–H groups in total. The van der Waals surface area contributed by atoms with Crippen molar-refractivity contribution >= 4 is 11.6 Å². The number of ether oxygens (including phenoxy) is 1. The number of hydrogen-bond donors (Lipinski definition) is 0. The lowest BCUT2D eigenvalue weighted by Crippen LogP contribution is -2.10. The van der Waals surface area contributed by atoms with Crippen LogP contribution in [0.2, 0.25) is 5.28 Å². The molecule has 16 heavy (non-hydrogen) atoms. The highest BCUT2D eigenvalue weighted by Gasteiger charge is 2.21. The highest BCUT2D eigenvalue weighted by atomic mass is 35.5. The summed E-state index contributed by atoms with van der Waals surface area (Å²) >= 11 is 5.97. The molecule has 0 radical (unpaired) electrons. The van der Waals surface area contributed by atoms with Crippen LogP contribution in [0.3, 0.4) is 0 Å². The zero-order valence-electron chi connectivity index (χ0n) is 9.65. The molecule has 0 unspecified atom stereocenters. The van der Waals surface area contributed by atoms with Crippen LogP contribution >= 0.6 is 11.6 Å². The molecule has 90 valence electrons. The Hall–Kier alpha value is -0.610. The molecule has 0 aliphatic heterocycles. The lowest BCUT2D eigenvalue weighted by atomic mass is 10.3. The maximum atomic E-state index is 5.97. The van der Waals surface area contributed by atoms with Crippen molar-refractivity contribution < 1.29 is 4.74 Å². The average molecular weight is 244 g/mol. The van der Waals surface area contributed by atoms with Crippen molar-refractivity contribution in [3.63, 3.8) is 0 Å². The lowest BCUT2D eigenvalue weighted by molar-refractivity contribution is 0.116. The van der Waals surface area contributed by atoms with E-state index in [0.717, 1.165) is 37.7 Å². The summed E-state index contributed by atoms with van der Waals surface area (Å²) in [6.45, 7) is 4.47. The molecule has 0 aromatic carbocycles. The van der Waals surface area contributed by atoms with Gasteiger partial charge in [-0.3, -0.25) is 4.57 Å². The molecular weight excluding hydrogens is 226 g/mol. The molecule has 0 atom stereocenters. The van der Waals surface area contributed by atoms with E-state index in [1.807, 2.05) is 4.57 Å². The molecule has 0 saturated heterocycles. The third-order valence-corrected chi connectivity index (χ3v) is 3.05. The predicted octanol–water partition coefficient (Wildman–Crippen LogP) is 2.31. The third kappa shape index (κ3) is 3.19. The molecule has 1 saturated carbocycles. The first-order valence-electron chi connectivity index (χ1n) is 5.96. The minimum Gasteiger partial charge on any atom is -0.379 e. The summed E-state index contributed by atoms with van der Waals surface area (Å²) in [5.41, 5.74) is 0. The van der Waals surface area contributed by atoms with Gasteiger partial charge in [-0.05, 0) is 36.8 Å². The highest BCUT2D eigenvalue weighted by molar-refractivity contribution is 6.28. The molecule has 0 spiro atoms. The van der Waals surface area contributed by atoms with Crippen molar-refractivity contribution in [3.8, 4) is 0 Å². The van der Waals surface area contributed by atoms with Gasteiger partial charge in [0.15, 0.2) is 0 Å². The van der Waals surface area contributed by atoms with Crippen molar-refractivity contribution in [1.82, 2.24) is 14.8 Å². The molecule has 4 nitrogen and oxygen atoms in total. The fourth-order valence-corrected chi connectivity index (χ4v) is 1.85. The number of hydrogen-bond acceptors (Lipinski definition) is 3. The SMILES string of the molecule is CCCc1nnc(Cl)n1CCOCC1CC1. The summed E-state index contributed by atoms with van der Waals surface area (Å²) in [5.74, 6) is 1.77. The van der Waals surface area contributed by atoms with Crippen LogP contribution in [0.4, 0.5) is 0 Å². The Morgan fingerprint density at radius 2 is 2.25 bits per heavy atom. The van der Waals surface area contributed by atoms with E-state index in [1.54, 1.807) is 0 Å². The summed E-state index contributed by atoms with van der Waals surface area (Å²) in [6, 6.07) is 0. The van der Waals surface area contributed by atoms with Crippen molar-refractivity contribution in [2.24, 2.45) is 5.92 Å². The van der Waals surface area contributed by atoms with Gasteiger partial charge in [-0.2, -0.15) is 0 Å². The van der Waals surface area contributed by atoms with Gasteiger partial charge in [-0.1, -0.05) is 6.92 Å². The summed E-state index contributed by atoms with van der Waals surface area (Å²) in [5, 5.41) is 8.41. The molecule has 1 aliphatic rings. The van der Waals surface area contributed by atoms with E-state index in [4.69, 9.17) is 16.3 Å². The van der Waals surface area contributed by atoms with Crippen LogP contribution in [-0.2, 0) is 17.7 Å². The molecule has 0 bridgehead atoms. The minimum absolute atomic E-state index is 0.471. The second-order valence-corrected chi connectivity index (χ2v) is 4.64. The van der Waals surface area contributed by atoms with Crippen LogP contribution in [0.5, 0.6) is 0 Å². The van der Waals surface area contributed by atoms with Gasteiger partial charge < -0.3 is 4.74 Å². The number of halogens is 1. The Bertz CT molecular complexity index is 336. The third-order valence-electron chi connectivity index (χ3n) is 2.77. The number of nitrogens with zero attached hydrogens (tertiary/aromatic N) is 3. The maximum Gasteiger partial charge on any atom is 0.225 e. The van der Waals surface area contributed by atoms with Crippen LogP contribution in [0.25, 0.3) is 0 Å². The summed E-state index contributed by atoms with van der Waals surface area (Å²) < 4.78 is 7.53. The molecule has 1 aromatic rings. The van der Waals surface area contributed by atoms with Crippen LogP contribution in [0.15, 0.2) is 0 Å². The maximum absolute atomic E-state index is 5.97.